The first-order valence-corrected chi connectivity index (χ1v) is 6.40. The topological polar surface area (TPSA) is 51.2 Å². The lowest BCUT2D eigenvalue weighted by Crippen LogP contribution is -2.36. The molecule has 2 aromatic carbocycles. The first kappa shape index (κ1) is 12.5. The summed E-state index contributed by atoms with van der Waals surface area (Å²) in [5.74, 6) is -2.38. The molecule has 1 aliphatic rings. The van der Waals surface area contributed by atoms with Gasteiger partial charge in [-0.05, 0) is 23.3 Å². The summed E-state index contributed by atoms with van der Waals surface area (Å²) in [4.78, 5) is 36.8. The maximum Gasteiger partial charge on any atom is 0.230 e. The van der Waals surface area contributed by atoms with Gasteiger partial charge in [-0.25, -0.2) is 0 Å². The number of ketones is 3. The third kappa shape index (κ3) is 1.63. The molecular formula is C17H12O3. The fourth-order valence-corrected chi connectivity index (χ4v) is 2.69. The minimum Gasteiger partial charge on any atom is -0.293 e. The van der Waals surface area contributed by atoms with Gasteiger partial charge in [-0.2, -0.15) is 0 Å². The summed E-state index contributed by atoms with van der Waals surface area (Å²) in [6, 6.07) is 10.7. The maximum atomic E-state index is 12.4. The van der Waals surface area contributed by atoms with E-state index in [0.29, 0.717) is 10.9 Å². The summed E-state index contributed by atoms with van der Waals surface area (Å²) < 4.78 is 0. The van der Waals surface area contributed by atoms with Crippen molar-refractivity contribution in [2.24, 2.45) is 5.92 Å². The minimum absolute atomic E-state index is 0.204. The first-order chi connectivity index (χ1) is 9.65. The van der Waals surface area contributed by atoms with Crippen LogP contribution in [0.4, 0.5) is 0 Å². The number of carbonyl (C=O) groups is 3. The Bertz CT molecular complexity index is 771. The number of benzene rings is 2. The molecule has 3 rings (SSSR count). The van der Waals surface area contributed by atoms with Crippen LogP contribution in [0.1, 0.15) is 27.1 Å². The monoisotopic (exact) mass is 264 g/mol. The number of Topliss-reactive ketones (excluding diaryl/α,β-unsaturated/α-hetero) is 3. The standard InChI is InChI=1S/C17H12O3/c1-2-5-13-15(18)12-9-8-10-6-3-4-7-11(10)14(12)17(20)16(13)19/h2-4,6-9,13H,1,5H2. The lowest BCUT2D eigenvalue weighted by Gasteiger charge is -2.21. The summed E-state index contributed by atoms with van der Waals surface area (Å²) >= 11 is 0. The predicted molar refractivity (Wildman–Crippen MR) is 75.9 cm³/mol. The van der Waals surface area contributed by atoms with Crippen LogP contribution in [0, 0.1) is 5.92 Å². The Morgan fingerprint density at radius 2 is 1.75 bits per heavy atom. The summed E-state index contributed by atoms with van der Waals surface area (Å²) in [6.07, 6.45) is 1.70. The molecule has 2 aromatic rings. The van der Waals surface area contributed by atoms with E-state index in [2.05, 4.69) is 6.58 Å². The van der Waals surface area contributed by atoms with E-state index < -0.39 is 17.5 Å². The summed E-state index contributed by atoms with van der Waals surface area (Å²) in [5.41, 5.74) is 0.596. The van der Waals surface area contributed by atoms with Gasteiger partial charge < -0.3 is 0 Å². The Hall–Kier alpha value is -2.55. The quantitative estimate of drug-likeness (QED) is 0.476. The van der Waals surface area contributed by atoms with Crippen LogP contribution < -0.4 is 0 Å². The van der Waals surface area contributed by atoms with Gasteiger partial charge in [-0.1, -0.05) is 36.4 Å². The van der Waals surface area contributed by atoms with Crippen molar-refractivity contribution in [3.05, 3.63) is 60.2 Å². The van der Waals surface area contributed by atoms with Crippen LogP contribution in [0.15, 0.2) is 49.1 Å². The average Bonchev–Trinajstić information content (AvgIpc) is 2.48. The van der Waals surface area contributed by atoms with E-state index >= 15 is 0 Å². The Morgan fingerprint density at radius 1 is 1.00 bits per heavy atom. The fourth-order valence-electron chi connectivity index (χ4n) is 2.69. The van der Waals surface area contributed by atoms with Gasteiger partial charge >= 0.3 is 0 Å². The van der Waals surface area contributed by atoms with Gasteiger partial charge in [-0.15, -0.1) is 6.58 Å². The van der Waals surface area contributed by atoms with Crippen molar-refractivity contribution < 1.29 is 14.4 Å². The van der Waals surface area contributed by atoms with Crippen molar-refractivity contribution in [3.8, 4) is 0 Å². The van der Waals surface area contributed by atoms with Gasteiger partial charge in [0.2, 0.25) is 11.6 Å². The van der Waals surface area contributed by atoms with Crippen LogP contribution in [-0.4, -0.2) is 17.3 Å². The molecule has 0 spiro atoms. The highest BCUT2D eigenvalue weighted by molar-refractivity contribution is 6.53. The molecule has 3 nitrogen and oxygen atoms in total. The van der Waals surface area contributed by atoms with Gasteiger partial charge in [0.1, 0.15) is 0 Å². The molecule has 0 bridgehead atoms. The number of fused-ring (bicyclic) bond motifs is 3. The summed E-state index contributed by atoms with van der Waals surface area (Å²) in [6.45, 7) is 3.54. The predicted octanol–water partition coefficient (Wildman–Crippen LogP) is 2.98. The van der Waals surface area contributed by atoms with E-state index in [4.69, 9.17) is 0 Å². The number of rotatable bonds is 2. The molecule has 0 saturated carbocycles. The zero-order valence-electron chi connectivity index (χ0n) is 10.8. The van der Waals surface area contributed by atoms with Crippen LogP contribution in [0.2, 0.25) is 0 Å². The zero-order chi connectivity index (χ0) is 14.3. The minimum atomic E-state index is -0.909. The highest BCUT2D eigenvalue weighted by Crippen LogP contribution is 2.31. The molecular weight excluding hydrogens is 252 g/mol. The zero-order valence-corrected chi connectivity index (χ0v) is 10.8. The number of hydrogen-bond acceptors (Lipinski definition) is 3. The second kappa shape index (κ2) is 4.53. The SMILES string of the molecule is C=CCC1C(=O)C(=O)c2c(ccc3ccccc23)C1=O. The van der Waals surface area contributed by atoms with Crippen LogP contribution in [0.25, 0.3) is 10.8 Å². The fraction of sp³-hybridized carbons (Fsp3) is 0.118. The second-order valence-corrected chi connectivity index (χ2v) is 4.84. The molecule has 0 aromatic heterocycles. The Balaban J connectivity index is 2.31. The average molecular weight is 264 g/mol. The molecule has 3 heteroatoms. The third-order valence-electron chi connectivity index (χ3n) is 3.68. The second-order valence-electron chi connectivity index (χ2n) is 4.84. The molecule has 1 unspecified atom stereocenters. The smallest absolute Gasteiger partial charge is 0.230 e. The van der Waals surface area contributed by atoms with Gasteiger partial charge in [0.25, 0.3) is 0 Å². The molecule has 0 aliphatic heterocycles. The highest BCUT2D eigenvalue weighted by Gasteiger charge is 2.40. The van der Waals surface area contributed by atoms with E-state index in [1.807, 2.05) is 12.1 Å². The van der Waals surface area contributed by atoms with Crippen molar-refractivity contribution in [3.63, 3.8) is 0 Å². The number of carbonyl (C=O) groups excluding carboxylic acids is 3. The van der Waals surface area contributed by atoms with E-state index in [0.717, 1.165) is 5.39 Å². The van der Waals surface area contributed by atoms with Crippen LogP contribution in [0.3, 0.4) is 0 Å². The van der Waals surface area contributed by atoms with Gasteiger partial charge in [0.15, 0.2) is 5.78 Å². The Kier molecular flexibility index (Phi) is 2.83. The van der Waals surface area contributed by atoms with E-state index in [9.17, 15) is 14.4 Å². The van der Waals surface area contributed by atoms with E-state index in [1.54, 1.807) is 24.3 Å². The normalized spacial score (nSPS) is 18.2. The van der Waals surface area contributed by atoms with Gasteiger partial charge in [0, 0.05) is 11.1 Å². The first-order valence-electron chi connectivity index (χ1n) is 6.40. The highest BCUT2D eigenvalue weighted by atomic mass is 16.2. The molecule has 0 heterocycles. The van der Waals surface area contributed by atoms with Crippen molar-refractivity contribution in [1.29, 1.82) is 0 Å². The lowest BCUT2D eigenvalue weighted by atomic mass is 9.77. The van der Waals surface area contributed by atoms with Crippen LogP contribution in [-0.2, 0) is 4.79 Å². The van der Waals surface area contributed by atoms with Crippen molar-refractivity contribution in [1.82, 2.24) is 0 Å². The number of hydrogen-bond donors (Lipinski definition) is 0. The molecule has 0 radical (unpaired) electrons. The van der Waals surface area contributed by atoms with Crippen LogP contribution >= 0.6 is 0 Å². The molecule has 1 atom stereocenters. The summed E-state index contributed by atoms with van der Waals surface area (Å²) in [5, 5.41) is 1.51. The molecule has 0 N–H and O–H groups in total. The molecule has 98 valence electrons. The van der Waals surface area contributed by atoms with Crippen molar-refractivity contribution >= 4 is 28.1 Å². The number of allylic oxidation sites excluding steroid dienone is 1. The molecule has 20 heavy (non-hydrogen) atoms. The van der Waals surface area contributed by atoms with Crippen molar-refractivity contribution in [2.45, 2.75) is 6.42 Å². The van der Waals surface area contributed by atoms with Crippen LogP contribution in [0.5, 0.6) is 0 Å². The molecule has 0 amide bonds. The Labute approximate surface area is 115 Å². The molecule has 1 aliphatic carbocycles. The molecule has 0 fully saturated rings. The Morgan fingerprint density at radius 3 is 2.50 bits per heavy atom. The molecule has 0 saturated heterocycles. The largest absolute Gasteiger partial charge is 0.293 e. The lowest BCUT2D eigenvalue weighted by molar-refractivity contribution is -0.117. The summed E-state index contributed by atoms with van der Waals surface area (Å²) in [7, 11) is 0. The van der Waals surface area contributed by atoms with Crippen molar-refractivity contribution in [2.75, 3.05) is 0 Å². The van der Waals surface area contributed by atoms with E-state index in [-0.39, 0.29) is 17.8 Å². The van der Waals surface area contributed by atoms with Gasteiger partial charge in [-0.3, -0.25) is 14.4 Å². The van der Waals surface area contributed by atoms with Gasteiger partial charge in [0.05, 0.1) is 5.92 Å². The van der Waals surface area contributed by atoms with E-state index in [1.165, 1.54) is 6.08 Å². The maximum absolute atomic E-state index is 12.4. The third-order valence-corrected chi connectivity index (χ3v) is 3.68.